The summed E-state index contributed by atoms with van der Waals surface area (Å²) in [5.74, 6) is 0.174. The molecule has 0 aromatic heterocycles. The maximum absolute atomic E-state index is 12.4. The van der Waals surface area contributed by atoms with E-state index in [0.717, 1.165) is 25.9 Å². The lowest BCUT2D eigenvalue weighted by Crippen LogP contribution is -2.39. The molecule has 1 aliphatic heterocycles. The molecule has 21 heavy (non-hydrogen) atoms. The number of nitro groups is 1. The van der Waals surface area contributed by atoms with Crippen molar-refractivity contribution in [3.05, 3.63) is 38.9 Å². The van der Waals surface area contributed by atoms with E-state index in [9.17, 15) is 14.9 Å². The Balaban J connectivity index is 2.09. The number of piperidine rings is 1. The summed E-state index contributed by atoms with van der Waals surface area (Å²) in [6.45, 7) is 2.55. The number of nitrogens with zero attached hydrogens (tertiary/aromatic N) is 2. The van der Waals surface area contributed by atoms with Crippen LogP contribution in [0.3, 0.4) is 0 Å². The first-order valence-corrected chi connectivity index (χ1v) is 7.26. The molecule has 1 aliphatic rings. The largest absolute Gasteiger partial charge is 0.341 e. The third-order valence-corrected chi connectivity index (χ3v) is 3.84. The molecule has 2 rings (SSSR count). The topological polar surface area (TPSA) is 75.5 Å². The molecule has 1 amide bonds. The van der Waals surface area contributed by atoms with Crippen LogP contribution >= 0.6 is 11.6 Å². The quantitative estimate of drug-likeness (QED) is 0.684. The van der Waals surface area contributed by atoms with Crippen LogP contribution in [-0.4, -0.2) is 42.4 Å². The van der Waals surface area contributed by atoms with Gasteiger partial charge in [-0.05, 0) is 37.9 Å². The monoisotopic (exact) mass is 311 g/mol. The summed E-state index contributed by atoms with van der Waals surface area (Å²) in [4.78, 5) is 24.3. The number of benzene rings is 1. The number of nitrogens with one attached hydrogen (secondary N) is 1. The summed E-state index contributed by atoms with van der Waals surface area (Å²) in [7, 11) is 1.71. The van der Waals surface area contributed by atoms with Gasteiger partial charge < -0.3 is 10.2 Å². The SMILES string of the molecule is CN(CC1CCCNC1)C(=O)c1cc(Cl)cc([N+](=O)[O-])c1. The summed E-state index contributed by atoms with van der Waals surface area (Å²) in [6, 6.07) is 3.97. The zero-order chi connectivity index (χ0) is 15.4. The van der Waals surface area contributed by atoms with Gasteiger partial charge in [-0.2, -0.15) is 0 Å². The number of rotatable bonds is 4. The van der Waals surface area contributed by atoms with Gasteiger partial charge in [-0.15, -0.1) is 0 Å². The molecule has 0 spiro atoms. The predicted molar refractivity (Wildman–Crippen MR) is 80.7 cm³/mol. The van der Waals surface area contributed by atoms with Crippen LogP contribution in [0.4, 0.5) is 5.69 Å². The molecule has 1 heterocycles. The number of amides is 1. The summed E-state index contributed by atoms with van der Waals surface area (Å²) in [5.41, 5.74) is 0.0825. The molecule has 0 saturated carbocycles. The van der Waals surface area contributed by atoms with E-state index in [1.54, 1.807) is 11.9 Å². The number of non-ortho nitro benzene ring substituents is 1. The predicted octanol–water partition coefficient (Wildman–Crippen LogP) is 2.32. The van der Waals surface area contributed by atoms with Crippen molar-refractivity contribution in [2.24, 2.45) is 5.92 Å². The molecule has 0 bridgehead atoms. The fourth-order valence-electron chi connectivity index (χ4n) is 2.57. The number of hydrogen-bond donors (Lipinski definition) is 1. The lowest BCUT2D eigenvalue weighted by molar-refractivity contribution is -0.384. The van der Waals surface area contributed by atoms with Crippen LogP contribution in [0.25, 0.3) is 0 Å². The number of carbonyl (C=O) groups is 1. The zero-order valence-corrected chi connectivity index (χ0v) is 12.6. The Morgan fingerprint density at radius 2 is 2.29 bits per heavy atom. The summed E-state index contributed by atoms with van der Waals surface area (Å²) in [6.07, 6.45) is 2.19. The van der Waals surface area contributed by atoms with E-state index >= 15 is 0 Å². The fraction of sp³-hybridized carbons (Fsp3) is 0.500. The Morgan fingerprint density at radius 3 is 2.90 bits per heavy atom. The minimum atomic E-state index is -0.548. The van der Waals surface area contributed by atoms with Gasteiger partial charge >= 0.3 is 0 Å². The van der Waals surface area contributed by atoms with Gasteiger partial charge in [-0.25, -0.2) is 0 Å². The average Bonchev–Trinajstić information content (AvgIpc) is 2.46. The van der Waals surface area contributed by atoms with Crippen molar-refractivity contribution >= 4 is 23.2 Å². The fourth-order valence-corrected chi connectivity index (χ4v) is 2.80. The Kier molecular flexibility index (Phi) is 5.14. The molecule has 0 aliphatic carbocycles. The maximum Gasteiger partial charge on any atom is 0.271 e. The Bertz CT molecular complexity index is 544. The summed E-state index contributed by atoms with van der Waals surface area (Å²) >= 11 is 5.85. The second kappa shape index (κ2) is 6.87. The standard InChI is InChI=1S/C14H18ClN3O3/c1-17(9-10-3-2-4-16-8-10)14(19)11-5-12(15)7-13(6-11)18(20)21/h5-7,10,16H,2-4,8-9H2,1H3. The van der Waals surface area contributed by atoms with Crippen LogP contribution in [0.15, 0.2) is 18.2 Å². The first kappa shape index (κ1) is 15.7. The van der Waals surface area contributed by atoms with Gasteiger partial charge in [0, 0.05) is 36.3 Å². The minimum Gasteiger partial charge on any atom is -0.341 e. The molecular formula is C14H18ClN3O3. The second-order valence-corrected chi connectivity index (χ2v) is 5.79. The van der Waals surface area contributed by atoms with Gasteiger partial charge in [0.2, 0.25) is 0 Å². The van der Waals surface area contributed by atoms with Crippen molar-refractivity contribution < 1.29 is 9.72 Å². The van der Waals surface area contributed by atoms with Gasteiger partial charge in [0.1, 0.15) is 0 Å². The average molecular weight is 312 g/mol. The highest BCUT2D eigenvalue weighted by Gasteiger charge is 2.21. The third kappa shape index (κ3) is 4.15. The highest BCUT2D eigenvalue weighted by molar-refractivity contribution is 6.31. The van der Waals surface area contributed by atoms with E-state index in [-0.39, 0.29) is 22.2 Å². The second-order valence-electron chi connectivity index (χ2n) is 5.35. The Morgan fingerprint density at radius 1 is 1.52 bits per heavy atom. The maximum atomic E-state index is 12.4. The van der Waals surface area contributed by atoms with Gasteiger partial charge in [0.25, 0.3) is 11.6 Å². The molecule has 1 saturated heterocycles. The molecule has 1 atom stereocenters. The smallest absolute Gasteiger partial charge is 0.271 e. The number of carbonyl (C=O) groups excluding carboxylic acids is 1. The van der Waals surface area contributed by atoms with E-state index in [1.807, 2.05) is 0 Å². The molecule has 1 fully saturated rings. The molecule has 1 aromatic rings. The van der Waals surface area contributed by atoms with Crippen LogP contribution in [0.1, 0.15) is 23.2 Å². The molecule has 7 heteroatoms. The third-order valence-electron chi connectivity index (χ3n) is 3.62. The summed E-state index contributed by atoms with van der Waals surface area (Å²) in [5, 5.41) is 14.3. The van der Waals surface area contributed by atoms with Crippen molar-refractivity contribution in [3.63, 3.8) is 0 Å². The number of nitro benzene ring substituents is 1. The van der Waals surface area contributed by atoms with Crippen LogP contribution in [-0.2, 0) is 0 Å². The lowest BCUT2D eigenvalue weighted by Gasteiger charge is -2.27. The highest BCUT2D eigenvalue weighted by Crippen LogP contribution is 2.22. The van der Waals surface area contributed by atoms with Crippen molar-refractivity contribution in [1.82, 2.24) is 10.2 Å². The first-order chi connectivity index (χ1) is 9.97. The molecule has 6 nitrogen and oxygen atoms in total. The minimum absolute atomic E-state index is 0.168. The number of hydrogen-bond acceptors (Lipinski definition) is 4. The van der Waals surface area contributed by atoms with Crippen LogP contribution in [0.2, 0.25) is 5.02 Å². The van der Waals surface area contributed by atoms with Crippen molar-refractivity contribution in [1.29, 1.82) is 0 Å². The Labute approximate surface area is 128 Å². The van der Waals surface area contributed by atoms with E-state index < -0.39 is 4.92 Å². The van der Waals surface area contributed by atoms with E-state index in [4.69, 9.17) is 11.6 Å². The van der Waals surface area contributed by atoms with Gasteiger partial charge in [-0.1, -0.05) is 11.6 Å². The van der Waals surface area contributed by atoms with E-state index in [0.29, 0.717) is 12.5 Å². The molecule has 0 radical (unpaired) electrons. The van der Waals surface area contributed by atoms with Crippen molar-refractivity contribution in [3.8, 4) is 0 Å². The normalized spacial score (nSPS) is 18.3. The Hall–Kier alpha value is -1.66. The molecular weight excluding hydrogens is 294 g/mol. The lowest BCUT2D eigenvalue weighted by atomic mass is 9.99. The van der Waals surface area contributed by atoms with E-state index in [1.165, 1.54) is 18.2 Å². The molecule has 1 aromatic carbocycles. The van der Waals surface area contributed by atoms with Crippen LogP contribution in [0.5, 0.6) is 0 Å². The summed E-state index contributed by atoms with van der Waals surface area (Å²) < 4.78 is 0. The molecule has 1 N–H and O–H groups in total. The zero-order valence-electron chi connectivity index (χ0n) is 11.8. The van der Waals surface area contributed by atoms with E-state index in [2.05, 4.69) is 5.32 Å². The van der Waals surface area contributed by atoms with Gasteiger partial charge in [0.15, 0.2) is 0 Å². The first-order valence-electron chi connectivity index (χ1n) is 6.88. The van der Waals surface area contributed by atoms with Gasteiger partial charge in [-0.3, -0.25) is 14.9 Å². The molecule has 114 valence electrons. The van der Waals surface area contributed by atoms with Crippen LogP contribution < -0.4 is 5.32 Å². The van der Waals surface area contributed by atoms with Crippen LogP contribution in [0, 0.1) is 16.0 Å². The number of halogens is 1. The van der Waals surface area contributed by atoms with Crippen molar-refractivity contribution in [2.45, 2.75) is 12.8 Å². The van der Waals surface area contributed by atoms with Gasteiger partial charge in [0.05, 0.1) is 4.92 Å². The molecule has 1 unspecified atom stereocenters. The van der Waals surface area contributed by atoms with Crippen molar-refractivity contribution in [2.75, 3.05) is 26.7 Å². The highest BCUT2D eigenvalue weighted by atomic mass is 35.5.